The van der Waals surface area contributed by atoms with Crippen molar-refractivity contribution in [3.05, 3.63) is 103 Å². The standard InChI is InChI=1S/C34H34N4O5/c39-27(24-41-29-14-15-32-31(21-29)36-34(43-32)25-8-3-1-4-9-25)22-37-16-18-38(19-17-37)23-33(40)35-26-10-7-13-30(20-26)42-28-11-5-2-6-12-28/h1-15,20-21,27,39H,16-19,22-24H2,(H,35,40). The van der Waals surface area contributed by atoms with Gasteiger partial charge < -0.3 is 24.3 Å². The van der Waals surface area contributed by atoms with Crippen LogP contribution in [0.25, 0.3) is 22.6 Å². The van der Waals surface area contributed by atoms with Crippen molar-refractivity contribution in [2.75, 3.05) is 51.2 Å². The molecule has 43 heavy (non-hydrogen) atoms. The third kappa shape index (κ3) is 7.78. The quantitative estimate of drug-likeness (QED) is 0.218. The van der Waals surface area contributed by atoms with E-state index in [1.54, 1.807) is 0 Å². The number of aliphatic hydroxyl groups excluding tert-OH is 1. The number of aliphatic hydroxyl groups is 1. The van der Waals surface area contributed by atoms with E-state index in [4.69, 9.17) is 13.9 Å². The molecule has 9 nitrogen and oxygen atoms in total. The van der Waals surface area contributed by atoms with E-state index in [9.17, 15) is 9.90 Å². The maximum absolute atomic E-state index is 12.7. The van der Waals surface area contributed by atoms with E-state index in [-0.39, 0.29) is 12.5 Å². The fourth-order valence-corrected chi connectivity index (χ4v) is 5.04. The number of oxazole rings is 1. The Labute approximate surface area is 250 Å². The zero-order chi connectivity index (χ0) is 29.4. The molecular weight excluding hydrogens is 544 g/mol. The molecule has 1 amide bonds. The van der Waals surface area contributed by atoms with Crippen molar-refractivity contribution < 1.29 is 23.8 Å². The molecule has 1 atom stereocenters. The second-order valence-electron chi connectivity index (χ2n) is 10.5. The highest BCUT2D eigenvalue weighted by atomic mass is 16.5. The highest BCUT2D eigenvalue weighted by Gasteiger charge is 2.21. The topological polar surface area (TPSA) is 100 Å². The average molecular weight is 579 g/mol. The first-order valence-corrected chi connectivity index (χ1v) is 14.4. The van der Waals surface area contributed by atoms with Gasteiger partial charge in [-0.05, 0) is 48.5 Å². The summed E-state index contributed by atoms with van der Waals surface area (Å²) in [5, 5.41) is 13.6. The van der Waals surface area contributed by atoms with Crippen molar-refractivity contribution in [2.24, 2.45) is 0 Å². The molecule has 220 valence electrons. The zero-order valence-electron chi connectivity index (χ0n) is 23.8. The van der Waals surface area contributed by atoms with Crippen molar-refractivity contribution in [2.45, 2.75) is 6.10 Å². The molecule has 6 rings (SSSR count). The summed E-state index contributed by atoms with van der Waals surface area (Å²) in [5.41, 5.74) is 3.00. The molecule has 0 aliphatic carbocycles. The maximum Gasteiger partial charge on any atom is 0.238 e. The van der Waals surface area contributed by atoms with Gasteiger partial charge >= 0.3 is 0 Å². The van der Waals surface area contributed by atoms with Gasteiger partial charge in [-0.2, -0.15) is 0 Å². The SMILES string of the molecule is O=C(CN1CCN(CC(O)COc2ccc3oc(-c4ccccc4)nc3c2)CC1)Nc1cccc(Oc2ccccc2)c1. The van der Waals surface area contributed by atoms with Crippen molar-refractivity contribution in [3.8, 4) is 28.7 Å². The summed E-state index contributed by atoms with van der Waals surface area (Å²) in [5.74, 6) is 2.53. The average Bonchev–Trinajstić information content (AvgIpc) is 3.46. The number of fused-ring (bicyclic) bond motifs is 1. The molecule has 1 saturated heterocycles. The molecule has 0 bridgehead atoms. The number of rotatable bonds is 11. The molecule has 0 radical (unpaired) electrons. The van der Waals surface area contributed by atoms with Crippen LogP contribution in [0.4, 0.5) is 5.69 Å². The van der Waals surface area contributed by atoms with Crippen LogP contribution in [0.3, 0.4) is 0 Å². The molecule has 0 spiro atoms. The lowest BCUT2D eigenvalue weighted by atomic mass is 10.2. The number of benzene rings is 4. The number of amides is 1. The second-order valence-corrected chi connectivity index (χ2v) is 10.5. The molecule has 4 aromatic carbocycles. The maximum atomic E-state index is 12.7. The molecule has 1 unspecified atom stereocenters. The Bertz CT molecular complexity index is 1640. The molecule has 9 heteroatoms. The number of para-hydroxylation sites is 1. The van der Waals surface area contributed by atoms with Gasteiger partial charge in [-0.25, -0.2) is 4.98 Å². The lowest BCUT2D eigenvalue weighted by molar-refractivity contribution is -0.117. The highest BCUT2D eigenvalue weighted by Crippen LogP contribution is 2.27. The van der Waals surface area contributed by atoms with Crippen molar-refractivity contribution in [1.82, 2.24) is 14.8 Å². The molecule has 5 aromatic rings. The Morgan fingerprint density at radius 3 is 2.35 bits per heavy atom. The van der Waals surface area contributed by atoms with Crippen LogP contribution in [0.2, 0.25) is 0 Å². The molecule has 1 aliphatic heterocycles. The van der Waals surface area contributed by atoms with Crippen molar-refractivity contribution in [1.29, 1.82) is 0 Å². The zero-order valence-corrected chi connectivity index (χ0v) is 23.8. The van der Waals surface area contributed by atoms with Gasteiger partial charge in [0.05, 0.1) is 6.54 Å². The van der Waals surface area contributed by atoms with Crippen LogP contribution in [-0.2, 0) is 4.79 Å². The van der Waals surface area contributed by atoms with Crippen molar-refractivity contribution >= 4 is 22.7 Å². The largest absolute Gasteiger partial charge is 0.491 e. The molecule has 2 heterocycles. The van der Waals surface area contributed by atoms with Crippen LogP contribution < -0.4 is 14.8 Å². The van der Waals surface area contributed by atoms with E-state index in [0.29, 0.717) is 47.3 Å². The number of carbonyl (C=O) groups excluding carboxylic acids is 1. The number of ether oxygens (including phenoxy) is 2. The number of carbonyl (C=O) groups is 1. The monoisotopic (exact) mass is 578 g/mol. The first-order valence-electron chi connectivity index (χ1n) is 14.4. The second kappa shape index (κ2) is 13.5. The van der Waals surface area contributed by atoms with E-state index in [1.807, 2.05) is 103 Å². The lowest BCUT2D eigenvalue weighted by Crippen LogP contribution is -2.50. The van der Waals surface area contributed by atoms with Gasteiger partial charge in [-0.15, -0.1) is 0 Å². The fraction of sp³-hybridized carbons (Fsp3) is 0.235. The van der Waals surface area contributed by atoms with Crippen LogP contribution in [0.5, 0.6) is 17.2 Å². The van der Waals surface area contributed by atoms with Crippen molar-refractivity contribution in [3.63, 3.8) is 0 Å². The van der Waals surface area contributed by atoms with Gasteiger partial charge in [0.1, 0.15) is 35.5 Å². The fourth-order valence-electron chi connectivity index (χ4n) is 5.04. The Hall–Kier alpha value is -4.70. The van der Waals surface area contributed by atoms with Gasteiger partial charge in [0.2, 0.25) is 11.8 Å². The van der Waals surface area contributed by atoms with Gasteiger partial charge in [0, 0.05) is 56.1 Å². The summed E-state index contributed by atoms with van der Waals surface area (Å²) >= 11 is 0. The third-order valence-corrected chi connectivity index (χ3v) is 7.22. The summed E-state index contributed by atoms with van der Waals surface area (Å²) in [6.07, 6.45) is -0.645. The Balaban J connectivity index is 0.920. The summed E-state index contributed by atoms with van der Waals surface area (Å²) in [4.78, 5) is 21.6. The number of hydrogen-bond acceptors (Lipinski definition) is 8. The molecule has 2 N–H and O–H groups in total. The summed E-state index contributed by atoms with van der Waals surface area (Å²) in [6.45, 7) is 3.98. The number of nitrogens with one attached hydrogen (secondary N) is 1. The summed E-state index contributed by atoms with van der Waals surface area (Å²) in [6, 6.07) is 32.2. The molecular formula is C34H34N4O5. The number of aromatic nitrogens is 1. The minimum atomic E-state index is -0.645. The Kier molecular flexibility index (Phi) is 8.93. The predicted octanol–water partition coefficient (Wildman–Crippen LogP) is 5.28. The summed E-state index contributed by atoms with van der Waals surface area (Å²) in [7, 11) is 0. The van der Waals surface area contributed by atoms with E-state index < -0.39 is 6.10 Å². The Morgan fingerprint density at radius 2 is 1.56 bits per heavy atom. The number of nitrogens with zero attached hydrogens (tertiary/aromatic N) is 3. The van der Waals surface area contributed by atoms with Crippen LogP contribution in [0.15, 0.2) is 108 Å². The lowest BCUT2D eigenvalue weighted by Gasteiger charge is -2.35. The van der Waals surface area contributed by atoms with Gasteiger partial charge in [-0.3, -0.25) is 14.6 Å². The van der Waals surface area contributed by atoms with E-state index >= 15 is 0 Å². The Morgan fingerprint density at radius 1 is 0.837 bits per heavy atom. The number of piperazine rings is 1. The molecule has 1 aliphatic rings. The van der Waals surface area contributed by atoms with E-state index in [0.717, 1.165) is 37.5 Å². The van der Waals surface area contributed by atoms with Crippen LogP contribution in [0.1, 0.15) is 0 Å². The van der Waals surface area contributed by atoms with Crippen LogP contribution in [-0.4, -0.2) is 77.8 Å². The minimum Gasteiger partial charge on any atom is -0.491 e. The first kappa shape index (κ1) is 28.4. The summed E-state index contributed by atoms with van der Waals surface area (Å²) < 4.78 is 17.6. The van der Waals surface area contributed by atoms with Gasteiger partial charge in [-0.1, -0.05) is 42.5 Å². The van der Waals surface area contributed by atoms with Crippen LogP contribution >= 0.6 is 0 Å². The number of hydrogen-bond donors (Lipinski definition) is 2. The normalized spacial score (nSPS) is 14.8. The molecule has 1 aromatic heterocycles. The smallest absolute Gasteiger partial charge is 0.238 e. The van der Waals surface area contributed by atoms with E-state index in [2.05, 4.69) is 20.1 Å². The predicted molar refractivity (Wildman–Crippen MR) is 165 cm³/mol. The van der Waals surface area contributed by atoms with Crippen LogP contribution in [0, 0.1) is 0 Å². The number of β-amino-alcohol motifs (C(OH)–C–C–N with tert-alkyl or cyclic N) is 1. The minimum absolute atomic E-state index is 0.0706. The first-order chi connectivity index (χ1) is 21.1. The third-order valence-electron chi connectivity index (χ3n) is 7.22. The van der Waals surface area contributed by atoms with E-state index in [1.165, 1.54) is 0 Å². The molecule has 1 fully saturated rings. The number of anilines is 1. The van der Waals surface area contributed by atoms with Gasteiger partial charge in [0.15, 0.2) is 5.58 Å². The van der Waals surface area contributed by atoms with Gasteiger partial charge in [0.25, 0.3) is 0 Å². The highest BCUT2D eigenvalue weighted by molar-refractivity contribution is 5.92. The molecule has 0 saturated carbocycles.